The third-order valence-electron chi connectivity index (χ3n) is 5.35. The number of benzene rings is 4. The van der Waals surface area contributed by atoms with Crippen LogP contribution >= 0.6 is 11.6 Å². The second kappa shape index (κ2) is 8.66. The Morgan fingerprint density at radius 2 is 1.34 bits per heavy atom. The van der Waals surface area contributed by atoms with E-state index in [4.69, 9.17) is 16.6 Å². The van der Waals surface area contributed by atoms with Gasteiger partial charge in [0.1, 0.15) is 0 Å². The number of hydrogen-bond donors (Lipinski definition) is 1. The number of nitrogens with one attached hydrogen (secondary N) is 1. The van der Waals surface area contributed by atoms with Crippen molar-refractivity contribution in [2.45, 2.75) is 0 Å². The van der Waals surface area contributed by atoms with Gasteiger partial charge in [0.15, 0.2) is 5.78 Å². The average Bonchev–Trinajstić information content (AvgIpc) is 2.83. The summed E-state index contributed by atoms with van der Waals surface area (Å²) in [5.74, 6) is -0.0729. The van der Waals surface area contributed by atoms with Crippen LogP contribution in [0, 0.1) is 0 Å². The maximum absolute atomic E-state index is 12.6. The molecule has 5 rings (SSSR count). The molecule has 1 heterocycles. The molecule has 0 unspecified atom stereocenters. The highest BCUT2D eigenvalue weighted by Crippen LogP contribution is 2.33. The van der Waals surface area contributed by atoms with E-state index in [0.717, 1.165) is 38.7 Å². The third-order valence-corrected chi connectivity index (χ3v) is 5.69. The fraction of sp³-hybridized carbons (Fsp3) is 0. The lowest BCUT2D eigenvalue weighted by atomic mass is 10.1. The molecule has 0 spiro atoms. The van der Waals surface area contributed by atoms with E-state index in [1.54, 1.807) is 18.2 Å². The largest absolute Gasteiger partial charge is 0.354 e. The number of para-hydroxylation sites is 2. The van der Waals surface area contributed by atoms with Crippen LogP contribution in [-0.4, -0.2) is 10.8 Å². The number of halogens is 1. The lowest BCUT2D eigenvalue weighted by Crippen LogP contribution is -1.97. The zero-order valence-corrected chi connectivity index (χ0v) is 17.9. The van der Waals surface area contributed by atoms with Crippen molar-refractivity contribution < 1.29 is 4.79 Å². The van der Waals surface area contributed by atoms with Gasteiger partial charge < -0.3 is 5.32 Å². The first-order valence-electron chi connectivity index (χ1n) is 10.3. The van der Waals surface area contributed by atoms with Gasteiger partial charge in [-0.05, 0) is 60.2 Å². The summed E-state index contributed by atoms with van der Waals surface area (Å²) in [6.45, 7) is 0. The van der Waals surface area contributed by atoms with Gasteiger partial charge in [-0.25, -0.2) is 4.98 Å². The van der Waals surface area contributed by atoms with E-state index in [0.29, 0.717) is 10.6 Å². The standard InChI is InChI=1S/C28H19ClN2O/c29-24-10-4-1-7-19(24)15-18-27(32)20-13-16-21(17-14-20)30-28-22-8-2-5-11-25(22)31-26-12-6-3-9-23(26)28/h1-18H,(H,30,31)/b18-15+. The molecule has 0 amide bonds. The maximum atomic E-state index is 12.6. The second-order valence-corrected chi connectivity index (χ2v) is 7.85. The Morgan fingerprint density at radius 1 is 0.750 bits per heavy atom. The third kappa shape index (κ3) is 3.98. The molecule has 4 aromatic carbocycles. The number of rotatable bonds is 5. The van der Waals surface area contributed by atoms with Crippen LogP contribution in [0.3, 0.4) is 0 Å². The van der Waals surface area contributed by atoms with E-state index >= 15 is 0 Å². The molecule has 1 aromatic heterocycles. The van der Waals surface area contributed by atoms with Crippen LogP contribution in [0.1, 0.15) is 15.9 Å². The number of aromatic nitrogens is 1. The Balaban J connectivity index is 1.43. The van der Waals surface area contributed by atoms with Crippen LogP contribution in [0.4, 0.5) is 11.4 Å². The predicted molar refractivity (Wildman–Crippen MR) is 134 cm³/mol. The molecule has 0 radical (unpaired) electrons. The van der Waals surface area contributed by atoms with Gasteiger partial charge in [0.25, 0.3) is 0 Å². The SMILES string of the molecule is O=C(/C=C/c1ccccc1Cl)c1ccc(Nc2c3ccccc3nc3ccccc23)cc1. The van der Waals surface area contributed by atoms with Crippen LogP contribution in [-0.2, 0) is 0 Å². The Kier molecular flexibility index (Phi) is 5.40. The number of allylic oxidation sites excluding steroid dienone is 1. The molecular formula is C28H19ClN2O. The molecule has 0 bridgehead atoms. The summed E-state index contributed by atoms with van der Waals surface area (Å²) in [5, 5.41) is 6.25. The van der Waals surface area contributed by atoms with E-state index < -0.39 is 0 Å². The molecule has 154 valence electrons. The van der Waals surface area contributed by atoms with Crippen molar-refractivity contribution in [2.24, 2.45) is 0 Å². The molecule has 32 heavy (non-hydrogen) atoms. The summed E-state index contributed by atoms with van der Waals surface area (Å²) in [7, 11) is 0. The van der Waals surface area contributed by atoms with Crippen LogP contribution in [0.25, 0.3) is 27.9 Å². The van der Waals surface area contributed by atoms with E-state index in [1.165, 1.54) is 0 Å². The molecule has 1 N–H and O–H groups in total. The number of fused-ring (bicyclic) bond motifs is 2. The molecule has 0 fully saturated rings. The minimum atomic E-state index is -0.0729. The fourth-order valence-corrected chi connectivity index (χ4v) is 3.91. The minimum absolute atomic E-state index is 0.0729. The quantitative estimate of drug-likeness (QED) is 0.175. The fourth-order valence-electron chi connectivity index (χ4n) is 3.71. The molecule has 0 aliphatic rings. The first-order chi connectivity index (χ1) is 15.7. The number of carbonyl (C=O) groups excluding carboxylic acids is 1. The van der Waals surface area contributed by atoms with Gasteiger partial charge in [0, 0.05) is 27.0 Å². The lowest BCUT2D eigenvalue weighted by Gasteiger charge is -2.13. The van der Waals surface area contributed by atoms with Crippen LogP contribution < -0.4 is 5.32 Å². The van der Waals surface area contributed by atoms with E-state index in [9.17, 15) is 4.79 Å². The molecule has 4 heteroatoms. The number of hydrogen-bond acceptors (Lipinski definition) is 3. The first kappa shape index (κ1) is 20.0. The van der Waals surface area contributed by atoms with Gasteiger partial charge in [0.2, 0.25) is 0 Å². The Bertz CT molecular complexity index is 1420. The van der Waals surface area contributed by atoms with Gasteiger partial charge >= 0.3 is 0 Å². The Hall–Kier alpha value is -3.95. The molecule has 0 atom stereocenters. The highest BCUT2D eigenvalue weighted by atomic mass is 35.5. The number of anilines is 2. The summed E-state index contributed by atoms with van der Waals surface area (Å²) in [6.07, 6.45) is 3.29. The topological polar surface area (TPSA) is 42.0 Å². The lowest BCUT2D eigenvalue weighted by molar-refractivity contribution is 0.104. The minimum Gasteiger partial charge on any atom is -0.354 e. The summed E-state index contributed by atoms with van der Waals surface area (Å²) >= 11 is 6.16. The molecule has 0 aliphatic carbocycles. The van der Waals surface area contributed by atoms with Crippen molar-refractivity contribution in [2.75, 3.05) is 5.32 Å². The molecule has 3 nitrogen and oxygen atoms in total. The van der Waals surface area contributed by atoms with Crippen molar-refractivity contribution in [3.63, 3.8) is 0 Å². The van der Waals surface area contributed by atoms with Gasteiger partial charge in [-0.2, -0.15) is 0 Å². The number of carbonyl (C=O) groups is 1. The van der Waals surface area contributed by atoms with Crippen LogP contribution in [0.2, 0.25) is 5.02 Å². The van der Waals surface area contributed by atoms with Crippen molar-refractivity contribution in [1.82, 2.24) is 4.98 Å². The van der Waals surface area contributed by atoms with Gasteiger partial charge in [-0.3, -0.25) is 4.79 Å². The maximum Gasteiger partial charge on any atom is 0.185 e. The predicted octanol–water partition coefficient (Wildman–Crippen LogP) is 7.68. The van der Waals surface area contributed by atoms with Crippen LogP contribution in [0.5, 0.6) is 0 Å². The number of nitrogens with zero attached hydrogens (tertiary/aromatic N) is 1. The van der Waals surface area contributed by atoms with Crippen LogP contribution in [0.15, 0.2) is 103 Å². The second-order valence-electron chi connectivity index (χ2n) is 7.44. The molecule has 0 saturated heterocycles. The van der Waals surface area contributed by atoms with E-state index in [2.05, 4.69) is 17.4 Å². The Morgan fingerprint density at radius 3 is 2.00 bits per heavy atom. The Labute approximate surface area is 191 Å². The van der Waals surface area contributed by atoms with Crippen molar-refractivity contribution in [1.29, 1.82) is 0 Å². The molecule has 5 aromatic rings. The normalized spacial score (nSPS) is 11.3. The summed E-state index contributed by atoms with van der Waals surface area (Å²) in [5.41, 5.74) is 5.21. The highest BCUT2D eigenvalue weighted by Gasteiger charge is 2.09. The number of ketones is 1. The van der Waals surface area contributed by atoms with Crippen molar-refractivity contribution >= 4 is 56.6 Å². The highest BCUT2D eigenvalue weighted by molar-refractivity contribution is 6.32. The van der Waals surface area contributed by atoms with E-state index in [-0.39, 0.29) is 5.78 Å². The zero-order chi connectivity index (χ0) is 21.9. The summed E-state index contributed by atoms with van der Waals surface area (Å²) in [6, 6.07) is 31.1. The molecular weight excluding hydrogens is 416 g/mol. The molecule has 0 aliphatic heterocycles. The first-order valence-corrected chi connectivity index (χ1v) is 10.7. The van der Waals surface area contributed by atoms with Crippen molar-refractivity contribution in [3.8, 4) is 0 Å². The van der Waals surface area contributed by atoms with E-state index in [1.807, 2.05) is 78.9 Å². The summed E-state index contributed by atoms with van der Waals surface area (Å²) < 4.78 is 0. The monoisotopic (exact) mass is 434 g/mol. The number of pyridine rings is 1. The molecule has 0 saturated carbocycles. The van der Waals surface area contributed by atoms with Crippen molar-refractivity contribution in [3.05, 3.63) is 119 Å². The zero-order valence-electron chi connectivity index (χ0n) is 17.1. The average molecular weight is 435 g/mol. The summed E-state index contributed by atoms with van der Waals surface area (Å²) in [4.78, 5) is 17.4. The smallest absolute Gasteiger partial charge is 0.185 e. The van der Waals surface area contributed by atoms with Gasteiger partial charge in [-0.1, -0.05) is 66.2 Å². The van der Waals surface area contributed by atoms with Gasteiger partial charge in [0.05, 0.1) is 16.7 Å². The van der Waals surface area contributed by atoms with Gasteiger partial charge in [-0.15, -0.1) is 0 Å².